The van der Waals surface area contributed by atoms with E-state index in [2.05, 4.69) is 5.32 Å². The number of hydrogen-bond acceptors (Lipinski definition) is 3. The van der Waals surface area contributed by atoms with Gasteiger partial charge in [-0.1, -0.05) is 6.42 Å². The fourth-order valence-electron chi connectivity index (χ4n) is 2.75. The zero-order chi connectivity index (χ0) is 13.1. The molecule has 1 heterocycles. The van der Waals surface area contributed by atoms with Crippen molar-refractivity contribution in [3.8, 4) is 0 Å². The molecule has 1 aromatic rings. The molecule has 0 aliphatic heterocycles. The van der Waals surface area contributed by atoms with Crippen molar-refractivity contribution in [1.29, 1.82) is 0 Å². The lowest BCUT2D eigenvalue weighted by Gasteiger charge is -2.17. The molecule has 0 saturated heterocycles. The molecule has 2 unspecified atom stereocenters. The number of rotatable bonds is 4. The first-order chi connectivity index (χ1) is 8.61. The van der Waals surface area contributed by atoms with Crippen LogP contribution in [0, 0.1) is 11.8 Å². The Morgan fingerprint density at radius 1 is 1.56 bits per heavy atom. The van der Waals surface area contributed by atoms with E-state index in [0.717, 1.165) is 19.3 Å². The van der Waals surface area contributed by atoms with Crippen LogP contribution < -0.4 is 11.1 Å². The third kappa shape index (κ3) is 2.67. The quantitative estimate of drug-likeness (QED) is 0.738. The second kappa shape index (κ2) is 5.44. The molecule has 18 heavy (non-hydrogen) atoms. The van der Waals surface area contributed by atoms with E-state index in [1.807, 2.05) is 0 Å². The van der Waals surface area contributed by atoms with Gasteiger partial charge in [-0.2, -0.15) is 0 Å². The van der Waals surface area contributed by atoms with Gasteiger partial charge in [-0.15, -0.1) is 0 Å². The molecular weight excluding hydrogens is 230 g/mol. The normalized spacial score (nSPS) is 23.2. The molecule has 1 amide bonds. The maximum atomic E-state index is 12.0. The first-order valence-corrected chi connectivity index (χ1v) is 6.42. The van der Waals surface area contributed by atoms with Crippen molar-refractivity contribution in [2.75, 3.05) is 18.9 Å². The van der Waals surface area contributed by atoms with E-state index in [0.29, 0.717) is 29.8 Å². The van der Waals surface area contributed by atoms with Crippen LogP contribution in [0.3, 0.4) is 0 Å². The fourth-order valence-corrected chi connectivity index (χ4v) is 2.75. The molecule has 1 saturated carbocycles. The molecule has 0 aromatic carbocycles. The highest BCUT2D eigenvalue weighted by Crippen LogP contribution is 2.30. The van der Waals surface area contributed by atoms with E-state index < -0.39 is 0 Å². The summed E-state index contributed by atoms with van der Waals surface area (Å²) >= 11 is 0. The maximum absolute atomic E-state index is 12.0. The Balaban J connectivity index is 1.90. The molecule has 100 valence electrons. The van der Waals surface area contributed by atoms with Crippen LogP contribution in [-0.4, -0.2) is 28.7 Å². The van der Waals surface area contributed by atoms with Gasteiger partial charge in [0, 0.05) is 26.4 Å². The van der Waals surface area contributed by atoms with Crippen LogP contribution in [0.2, 0.25) is 0 Å². The molecule has 1 fully saturated rings. The topological polar surface area (TPSA) is 80.3 Å². The number of amides is 1. The van der Waals surface area contributed by atoms with E-state index in [-0.39, 0.29) is 12.5 Å². The lowest BCUT2D eigenvalue weighted by molar-refractivity contribution is 0.0929. The number of carbonyl (C=O) groups excluding carboxylic acids is 1. The van der Waals surface area contributed by atoms with Crippen LogP contribution >= 0.6 is 0 Å². The first kappa shape index (κ1) is 13.0. The van der Waals surface area contributed by atoms with Crippen LogP contribution in [0.15, 0.2) is 12.3 Å². The summed E-state index contributed by atoms with van der Waals surface area (Å²) in [6.07, 6.45) is 5.01. The molecule has 0 radical (unpaired) electrons. The Morgan fingerprint density at radius 2 is 2.28 bits per heavy atom. The van der Waals surface area contributed by atoms with Crippen molar-refractivity contribution < 1.29 is 9.90 Å². The number of aliphatic hydroxyl groups excluding tert-OH is 1. The molecule has 5 nitrogen and oxygen atoms in total. The van der Waals surface area contributed by atoms with Gasteiger partial charge in [0.1, 0.15) is 5.69 Å². The van der Waals surface area contributed by atoms with Crippen molar-refractivity contribution in [1.82, 2.24) is 9.88 Å². The molecule has 0 bridgehead atoms. The van der Waals surface area contributed by atoms with Crippen LogP contribution in [-0.2, 0) is 7.05 Å². The Labute approximate surface area is 107 Å². The summed E-state index contributed by atoms with van der Waals surface area (Å²) in [5.41, 5.74) is 6.81. The molecule has 1 aliphatic carbocycles. The minimum absolute atomic E-state index is 0.0993. The largest absolute Gasteiger partial charge is 0.397 e. The monoisotopic (exact) mass is 251 g/mol. The molecule has 1 aromatic heterocycles. The number of nitrogen functional groups attached to an aromatic ring is 1. The number of nitrogens with one attached hydrogen (secondary N) is 1. The van der Waals surface area contributed by atoms with E-state index in [9.17, 15) is 9.90 Å². The average molecular weight is 251 g/mol. The summed E-state index contributed by atoms with van der Waals surface area (Å²) in [6.45, 7) is 0.854. The number of aromatic nitrogens is 1. The summed E-state index contributed by atoms with van der Waals surface area (Å²) in [7, 11) is 1.80. The second-order valence-electron chi connectivity index (χ2n) is 5.11. The van der Waals surface area contributed by atoms with Gasteiger partial charge in [-0.05, 0) is 30.7 Å². The minimum Gasteiger partial charge on any atom is -0.397 e. The number of nitrogens with two attached hydrogens (primary N) is 1. The molecule has 4 N–H and O–H groups in total. The van der Waals surface area contributed by atoms with Crippen molar-refractivity contribution >= 4 is 11.6 Å². The lowest BCUT2D eigenvalue weighted by atomic mass is 9.97. The van der Waals surface area contributed by atoms with Gasteiger partial charge < -0.3 is 20.7 Å². The molecule has 1 aliphatic rings. The van der Waals surface area contributed by atoms with Crippen LogP contribution in [0.4, 0.5) is 5.69 Å². The minimum atomic E-state index is -0.0993. The first-order valence-electron chi connectivity index (χ1n) is 6.42. The van der Waals surface area contributed by atoms with Gasteiger partial charge in [0.05, 0.1) is 5.69 Å². The summed E-state index contributed by atoms with van der Waals surface area (Å²) in [4.78, 5) is 12.0. The van der Waals surface area contributed by atoms with Gasteiger partial charge >= 0.3 is 0 Å². The summed E-state index contributed by atoms with van der Waals surface area (Å²) in [5, 5.41) is 12.2. The van der Waals surface area contributed by atoms with Crippen molar-refractivity contribution in [2.45, 2.75) is 19.3 Å². The fraction of sp³-hybridized carbons (Fsp3) is 0.615. The zero-order valence-electron chi connectivity index (χ0n) is 10.7. The Bertz CT molecular complexity index is 428. The molecular formula is C13H21N3O2. The van der Waals surface area contributed by atoms with Gasteiger partial charge in [0.2, 0.25) is 0 Å². The second-order valence-corrected chi connectivity index (χ2v) is 5.11. The van der Waals surface area contributed by atoms with Crippen molar-refractivity contribution in [3.63, 3.8) is 0 Å². The number of hydrogen-bond donors (Lipinski definition) is 3. The highest BCUT2D eigenvalue weighted by atomic mass is 16.3. The van der Waals surface area contributed by atoms with Crippen LogP contribution in [0.5, 0.6) is 0 Å². The predicted molar refractivity (Wildman–Crippen MR) is 70.1 cm³/mol. The Morgan fingerprint density at radius 3 is 2.89 bits per heavy atom. The molecule has 0 spiro atoms. The third-order valence-electron chi connectivity index (χ3n) is 3.83. The zero-order valence-corrected chi connectivity index (χ0v) is 10.7. The summed E-state index contributed by atoms with van der Waals surface area (Å²) in [6, 6.07) is 1.67. The van der Waals surface area contributed by atoms with Gasteiger partial charge in [-0.25, -0.2) is 0 Å². The molecule has 2 rings (SSSR count). The smallest absolute Gasteiger partial charge is 0.267 e. The van der Waals surface area contributed by atoms with E-state index in [1.54, 1.807) is 23.9 Å². The Kier molecular flexibility index (Phi) is 3.91. The third-order valence-corrected chi connectivity index (χ3v) is 3.83. The van der Waals surface area contributed by atoms with Crippen LogP contribution in [0.25, 0.3) is 0 Å². The highest BCUT2D eigenvalue weighted by Gasteiger charge is 2.27. The van der Waals surface area contributed by atoms with Crippen molar-refractivity contribution in [3.05, 3.63) is 18.0 Å². The number of carbonyl (C=O) groups is 1. The standard InChI is InChI=1S/C13H21N3O2/c1-16-7-11(14)5-12(16)13(18)15-6-9-3-2-4-10(9)8-17/h5,7,9-10,17H,2-4,6,8,14H2,1H3,(H,15,18). The molecule has 5 heteroatoms. The van der Waals surface area contributed by atoms with E-state index >= 15 is 0 Å². The SMILES string of the molecule is Cn1cc(N)cc1C(=O)NCC1CCCC1CO. The predicted octanol–water partition coefficient (Wildman–Crippen LogP) is 0.746. The van der Waals surface area contributed by atoms with Crippen LogP contribution in [0.1, 0.15) is 29.8 Å². The van der Waals surface area contributed by atoms with E-state index in [1.165, 1.54) is 0 Å². The Hall–Kier alpha value is -1.49. The number of aliphatic hydroxyl groups is 1. The number of aryl methyl sites for hydroxylation is 1. The summed E-state index contributed by atoms with van der Waals surface area (Å²) in [5.74, 6) is 0.637. The molecule has 2 atom stereocenters. The van der Waals surface area contributed by atoms with E-state index in [4.69, 9.17) is 5.73 Å². The van der Waals surface area contributed by atoms with Crippen molar-refractivity contribution in [2.24, 2.45) is 18.9 Å². The average Bonchev–Trinajstić information content (AvgIpc) is 2.92. The summed E-state index contributed by atoms with van der Waals surface area (Å²) < 4.78 is 1.73. The van der Waals surface area contributed by atoms with Gasteiger partial charge in [-0.3, -0.25) is 4.79 Å². The number of nitrogens with zero attached hydrogens (tertiary/aromatic N) is 1. The maximum Gasteiger partial charge on any atom is 0.267 e. The lowest BCUT2D eigenvalue weighted by Crippen LogP contribution is -2.32. The van der Waals surface area contributed by atoms with Gasteiger partial charge in [0.25, 0.3) is 5.91 Å². The number of anilines is 1. The van der Waals surface area contributed by atoms with Gasteiger partial charge in [0.15, 0.2) is 0 Å². The highest BCUT2D eigenvalue weighted by molar-refractivity contribution is 5.93.